The van der Waals surface area contributed by atoms with E-state index in [4.69, 9.17) is 4.84 Å². The summed E-state index contributed by atoms with van der Waals surface area (Å²) in [5, 5.41) is 6.94. The van der Waals surface area contributed by atoms with Crippen molar-refractivity contribution in [3.05, 3.63) is 64.1 Å². The fraction of sp³-hybridized carbons (Fsp3) is 0.176. The van der Waals surface area contributed by atoms with Crippen LogP contribution in [0.4, 0.5) is 5.69 Å². The number of para-hydroxylation sites is 1. The van der Waals surface area contributed by atoms with E-state index < -0.39 is 6.10 Å². The molecule has 0 spiro atoms. The molecule has 0 bridgehead atoms. The predicted molar refractivity (Wildman–Crippen MR) is 90.0 cm³/mol. The first kappa shape index (κ1) is 14.8. The highest BCUT2D eigenvalue weighted by atomic mass is 79.9. The van der Waals surface area contributed by atoms with Crippen molar-refractivity contribution in [2.24, 2.45) is 5.16 Å². The number of anilines is 1. The molecular weight excluding hydrogens is 344 g/mol. The van der Waals surface area contributed by atoms with Gasteiger partial charge < -0.3 is 10.2 Å². The standard InChI is InChI=1S/C17H15BrN2O2/c1-11-5-2-3-8-14(11)19-17(21)16-10-15(20-22-16)12-6-4-7-13(18)9-12/h2-9,16H,10H2,1H3,(H,19,21). The Morgan fingerprint density at radius 3 is 2.86 bits per heavy atom. The van der Waals surface area contributed by atoms with Crippen molar-refractivity contribution in [2.45, 2.75) is 19.4 Å². The highest BCUT2D eigenvalue weighted by molar-refractivity contribution is 9.10. The third-order valence-electron chi connectivity index (χ3n) is 3.52. The molecular formula is C17H15BrN2O2. The molecule has 3 rings (SSSR count). The minimum Gasteiger partial charge on any atom is -0.382 e. The monoisotopic (exact) mass is 358 g/mol. The summed E-state index contributed by atoms with van der Waals surface area (Å²) in [6.45, 7) is 1.95. The van der Waals surface area contributed by atoms with Gasteiger partial charge in [0, 0.05) is 22.1 Å². The third kappa shape index (κ3) is 3.20. The Kier molecular flexibility index (Phi) is 4.24. The van der Waals surface area contributed by atoms with Gasteiger partial charge in [-0.05, 0) is 30.7 Å². The van der Waals surface area contributed by atoms with Crippen molar-refractivity contribution in [3.63, 3.8) is 0 Å². The van der Waals surface area contributed by atoms with Crippen LogP contribution in [-0.4, -0.2) is 17.7 Å². The number of halogens is 1. The van der Waals surface area contributed by atoms with Crippen molar-refractivity contribution >= 4 is 33.2 Å². The van der Waals surface area contributed by atoms with E-state index in [2.05, 4.69) is 26.4 Å². The largest absolute Gasteiger partial charge is 0.382 e. The normalized spacial score (nSPS) is 16.8. The predicted octanol–water partition coefficient (Wildman–Crippen LogP) is 3.89. The van der Waals surface area contributed by atoms with E-state index >= 15 is 0 Å². The summed E-state index contributed by atoms with van der Waals surface area (Å²) in [4.78, 5) is 17.6. The van der Waals surface area contributed by atoms with Gasteiger partial charge >= 0.3 is 0 Å². The highest BCUT2D eigenvalue weighted by Gasteiger charge is 2.29. The second kappa shape index (κ2) is 6.32. The Morgan fingerprint density at radius 1 is 1.27 bits per heavy atom. The molecule has 1 N–H and O–H groups in total. The minimum atomic E-state index is -0.589. The van der Waals surface area contributed by atoms with E-state index in [-0.39, 0.29) is 5.91 Å². The lowest BCUT2D eigenvalue weighted by Gasteiger charge is -2.11. The number of rotatable bonds is 3. The summed E-state index contributed by atoms with van der Waals surface area (Å²) in [5.41, 5.74) is 3.56. The zero-order valence-corrected chi connectivity index (χ0v) is 13.6. The Bertz CT molecular complexity index is 743. The molecule has 2 aromatic carbocycles. The van der Waals surface area contributed by atoms with Crippen LogP contribution < -0.4 is 5.32 Å². The molecule has 1 aliphatic heterocycles. The molecule has 112 valence electrons. The number of carbonyl (C=O) groups is 1. The van der Waals surface area contributed by atoms with E-state index in [1.807, 2.05) is 55.5 Å². The van der Waals surface area contributed by atoms with Crippen LogP contribution >= 0.6 is 15.9 Å². The van der Waals surface area contributed by atoms with Crippen molar-refractivity contribution < 1.29 is 9.63 Å². The number of hydrogen-bond acceptors (Lipinski definition) is 3. The van der Waals surface area contributed by atoms with Crippen molar-refractivity contribution in [1.29, 1.82) is 0 Å². The number of nitrogens with zero attached hydrogens (tertiary/aromatic N) is 1. The molecule has 4 nitrogen and oxygen atoms in total. The van der Waals surface area contributed by atoms with Crippen LogP contribution in [0.3, 0.4) is 0 Å². The second-order valence-corrected chi connectivity index (χ2v) is 6.07. The van der Waals surface area contributed by atoms with E-state index in [0.717, 1.165) is 27.0 Å². The molecule has 1 atom stereocenters. The van der Waals surface area contributed by atoms with Gasteiger partial charge in [0.1, 0.15) is 0 Å². The Morgan fingerprint density at radius 2 is 2.09 bits per heavy atom. The number of nitrogens with one attached hydrogen (secondary N) is 1. The van der Waals surface area contributed by atoms with E-state index in [0.29, 0.717) is 6.42 Å². The maximum atomic E-state index is 12.3. The molecule has 0 fully saturated rings. The van der Waals surface area contributed by atoms with Crippen molar-refractivity contribution in [1.82, 2.24) is 0 Å². The summed E-state index contributed by atoms with van der Waals surface area (Å²) in [6, 6.07) is 15.4. The van der Waals surface area contributed by atoms with Gasteiger partial charge in [-0.1, -0.05) is 51.4 Å². The van der Waals surface area contributed by atoms with Crippen LogP contribution in [0.25, 0.3) is 0 Å². The van der Waals surface area contributed by atoms with Crippen LogP contribution in [0.15, 0.2) is 58.2 Å². The summed E-state index contributed by atoms with van der Waals surface area (Å²) in [5.74, 6) is -0.178. The third-order valence-corrected chi connectivity index (χ3v) is 4.02. The summed E-state index contributed by atoms with van der Waals surface area (Å²) < 4.78 is 0.973. The summed E-state index contributed by atoms with van der Waals surface area (Å²) >= 11 is 3.43. The van der Waals surface area contributed by atoms with Crippen LogP contribution in [-0.2, 0) is 9.63 Å². The molecule has 0 radical (unpaired) electrons. The first-order valence-electron chi connectivity index (χ1n) is 6.98. The quantitative estimate of drug-likeness (QED) is 0.904. The van der Waals surface area contributed by atoms with Gasteiger partial charge in [-0.15, -0.1) is 0 Å². The lowest BCUT2D eigenvalue weighted by molar-refractivity contribution is -0.125. The number of oxime groups is 1. The Hall–Kier alpha value is -2.14. The maximum Gasteiger partial charge on any atom is 0.268 e. The highest BCUT2D eigenvalue weighted by Crippen LogP contribution is 2.21. The fourth-order valence-corrected chi connectivity index (χ4v) is 2.68. The number of amides is 1. The van der Waals surface area contributed by atoms with Gasteiger partial charge in [-0.2, -0.15) is 0 Å². The van der Waals surface area contributed by atoms with Crippen LogP contribution in [0.2, 0.25) is 0 Å². The lowest BCUT2D eigenvalue weighted by Crippen LogP contribution is -2.28. The van der Waals surface area contributed by atoms with Gasteiger partial charge in [0.15, 0.2) is 0 Å². The number of aryl methyl sites for hydroxylation is 1. The van der Waals surface area contributed by atoms with Crippen LogP contribution in [0, 0.1) is 6.92 Å². The topological polar surface area (TPSA) is 50.7 Å². The molecule has 1 aliphatic rings. The van der Waals surface area contributed by atoms with Gasteiger partial charge in [-0.3, -0.25) is 4.79 Å². The van der Waals surface area contributed by atoms with E-state index in [9.17, 15) is 4.79 Å². The maximum absolute atomic E-state index is 12.3. The molecule has 1 unspecified atom stereocenters. The summed E-state index contributed by atoms with van der Waals surface area (Å²) in [7, 11) is 0. The average molecular weight is 359 g/mol. The van der Waals surface area contributed by atoms with Crippen LogP contribution in [0.1, 0.15) is 17.5 Å². The van der Waals surface area contributed by atoms with Crippen LogP contribution in [0.5, 0.6) is 0 Å². The van der Waals surface area contributed by atoms with Gasteiger partial charge in [0.2, 0.25) is 6.10 Å². The zero-order chi connectivity index (χ0) is 15.5. The zero-order valence-electron chi connectivity index (χ0n) is 12.0. The fourth-order valence-electron chi connectivity index (χ4n) is 2.28. The first-order chi connectivity index (χ1) is 10.6. The van der Waals surface area contributed by atoms with Gasteiger partial charge in [-0.25, -0.2) is 0 Å². The second-order valence-electron chi connectivity index (χ2n) is 5.15. The van der Waals surface area contributed by atoms with E-state index in [1.54, 1.807) is 0 Å². The smallest absolute Gasteiger partial charge is 0.268 e. The van der Waals surface area contributed by atoms with Crippen molar-refractivity contribution in [2.75, 3.05) is 5.32 Å². The molecule has 1 heterocycles. The average Bonchev–Trinajstić information content (AvgIpc) is 2.99. The summed E-state index contributed by atoms with van der Waals surface area (Å²) in [6.07, 6.45) is -0.123. The molecule has 0 aromatic heterocycles. The molecule has 0 saturated carbocycles. The number of carbonyl (C=O) groups excluding carboxylic acids is 1. The lowest BCUT2D eigenvalue weighted by atomic mass is 10.0. The molecule has 5 heteroatoms. The molecule has 22 heavy (non-hydrogen) atoms. The minimum absolute atomic E-state index is 0.178. The number of benzene rings is 2. The Labute approximate surface area is 137 Å². The van der Waals surface area contributed by atoms with E-state index in [1.165, 1.54) is 0 Å². The number of hydrogen-bond donors (Lipinski definition) is 1. The van der Waals surface area contributed by atoms with Crippen molar-refractivity contribution in [3.8, 4) is 0 Å². The molecule has 2 aromatic rings. The molecule has 1 amide bonds. The van der Waals surface area contributed by atoms with Gasteiger partial charge in [0.05, 0.1) is 5.71 Å². The SMILES string of the molecule is Cc1ccccc1NC(=O)C1CC(c2cccc(Br)c2)=NO1. The molecule has 0 saturated heterocycles. The first-order valence-corrected chi connectivity index (χ1v) is 7.78. The molecule has 0 aliphatic carbocycles. The Balaban J connectivity index is 1.67. The van der Waals surface area contributed by atoms with Gasteiger partial charge in [0.25, 0.3) is 5.91 Å².